The quantitative estimate of drug-likeness (QED) is 0.864. The molecule has 0 bridgehead atoms. The van der Waals surface area contributed by atoms with Crippen molar-refractivity contribution in [1.82, 2.24) is 0 Å². The summed E-state index contributed by atoms with van der Waals surface area (Å²) in [6.45, 7) is 3.64. The zero-order valence-electron chi connectivity index (χ0n) is 13.8. The van der Waals surface area contributed by atoms with Gasteiger partial charge in [0.05, 0.1) is 13.2 Å². The maximum absolute atomic E-state index is 6.13. The summed E-state index contributed by atoms with van der Waals surface area (Å²) >= 11 is 0. The molecule has 0 radical (unpaired) electrons. The molecule has 1 fully saturated rings. The van der Waals surface area contributed by atoms with Crippen LogP contribution in [0.2, 0.25) is 0 Å². The molecule has 0 aliphatic carbocycles. The van der Waals surface area contributed by atoms with Crippen molar-refractivity contribution in [2.75, 3.05) is 37.8 Å². The number of anilines is 1. The number of amidine groups is 1. The van der Waals surface area contributed by atoms with E-state index in [2.05, 4.69) is 17.0 Å². The van der Waals surface area contributed by atoms with Gasteiger partial charge in [-0.3, -0.25) is 0 Å². The Kier molecular flexibility index (Phi) is 3.15. The first-order valence-electron chi connectivity index (χ1n) is 8.49. The van der Waals surface area contributed by atoms with E-state index < -0.39 is 5.54 Å². The summed E-state index contributed by atoms with van der Waals surface area (Å²) in [5.41, 5.74) is 8.38. The van der Waals surface area contributed by atoms with Crippen LogP contribution in [0, 0.1) is 0 Å². The number of fused-ring (bicyclic) bond motifs is 4. The molecule has 0 saturated carbocycles. The summed E-state index contributed by atoms with van der Waals surface area (Å²) in [6.07, 6.45) is 0. The normalized spacial score (nSPS) is 24.2. The number of benzene rings is 2. The van der Waals surface area contributed by atoms with Crippen molar-refractivity contribution in [1.29, 1.82) is 0 Å². The number of nitrogens with zero attached hydrogens (tertiary/aromatic N) is 2. The fourth-order valence-electron chi connectivity index (χ4n) is 3.82. The molecule has 3 aliphatic rings. The fourth-order valence-corrected chi connectivity index (χ4v) is 3.82. The summed E-state index contributed by atoms with van der Waals surface area (Å²) < 4.78 is 17.2. The Morgan fingerprint density at radius 3 is 2.60 bits per heavy atom. The highest BCUT2D eigenvalue weighted by atomic mass is 16.5. The Bertz CT molecular complexity index is 861. The van der Waals surface area contributed by atoms with Gasteiger partial charge in [0.1, 0.15) is 18.1 Å². The van der Waals surface area contributed by atoms with Crippen LogP contribution in [0.25, 0.3) is 0 Å². The molecule has 6 heteroatoms. The molecule has 3 heterocycles. The molecule has 5 rings (SSSR count). The number of aliphatic imine (C=N–C) groups is 1. The van der Waals surface area contributed by atoms with Crippen LogP contribution in [0.4, 0.5) is 5.69 Å². The molecule has 1 saturated heterocycles. The van der Waals surface area contributed by atoms with Crippen LogP contribution >= 0.6 is 0 Å². The average molecular weight is 337 g/mol. The lowest BCUT2D eigenvalue weighted by Gasteiger charge is -2.35. The smallest absolute Gasteiger partial charge is 0.283 e. The monoisotopic (exact) mass is 337 g/mol. The topological polar surface area (TPSA) is 69.3 Å². The van der Waals surface area contributed by atoms with Gasteiger partial charge in [-0.2, -0.15) is 0 Å². The van der Waals surface area contributed by atoms with Gasteiger partial charge in [-0.05, 0) is 24.3 Å². The van der Waals surface area contributed by atoms with Gasteiger partial charge < -0.3 is 24.8 Å². The summed E-state index contributed by atoms with van der Waals surface area (Å²) in [6, 6.07) is 14.4. The highest BCUT2D eigenvalue weighted by Gasteiger charge is 2.46. The number of para-hydroxylation sites is 1. The summed E-state index contributed by atoms with van der Waals surface area (Å²) in [7, 11) is 0. The van der Waals surface area contributed by atoms with Crippen molar-refractivity contribution in [3.63, 3.8) is 0 Å². The molecule has 0 aromatic heterocycles. The lowest BCUT2D eigenvalue weighted by Crippen LogP contribution is -2.37. The van der Waals surface area contributed by atoms with Crippen molar-refractivity contribution in [3.8, 4) is 11.5 Å². The summed E-state index contributed by atoms with van der Waals surface area (Å²) in [5.74, 6) is 1.61. The van der Waals surface area contributed by atoms with E-state index in [9.17, 15) is 0 Å². The molecular weight excluding hydrogens is 318 g/mol. The average Bonchev–Trinajstić information content (AvgIpc) is 3.05. The van der Waals surface area contributed by atoms with E-state index in [1.807, 2.05) is 30.3 Å². The van der Waals surface area contributed by atoms with Crippen molar-refractivity contribution in [2.24, 2.45) is 10.7 Å². The van der Waals surface area contributed by atoms with E-state index in [4.69, 9.17) is 24.9 Å². The van der Waals surface area contributed by atoms with Crippen LogP contribution in [-0.2, 0) is 15.0 Å². The first-order valence-corrected chi connectivity index (χ1v) is 8.49. The van der Waals surface area contributed by atoms with Crippen molar-refractivity contribution < 1.29 is 14.2 Å². The van der Waals surface area contributed by atoms with Gasteiger partial charge in [0.2, 0.25) is 0 Å². The Balaban J connectivity index is 1.67. The highest BCUT2D eigenvalue weighted by Crippen LogP contribution is 2.51. The van der Waals surface area contributed by atoms with Gasteiger partial charge in [-0.1, -0.05) is 18.2 Å². The van der Waals surface area contributed by atoms with Crippen LogP contribution in [0.3, 0.4) is 0 Å². The molecule has 2 aromatic carbocycles. The van der Waals surface area contributed by atoms with Gasteiger partial charge >= 0.3 is 0 Å². The van der Waals surface area contributed by atoms with Crippen LogP contribution in [0.1, 0.15) is 11.1 Å². The Morgan fingerprint density at radius 1 is 1.00 bits per heavy atom. The number of hydrogen-bond acceptors (Lipinski definition) is 6. The Labute approximate surface area is 145 Å². The number of ether oxygens (including phenoxy) is 3. The van der Waals surface area contributed by atoms with E-state index in [-0.39, 0.29) is 6.02 Å². The van der Waals surface area contributed by atoms with Crippen LogP contribution in [0.15, 0.2) is 47.5 Å². The van der Waals surface area contributed by atoms with Gasteiger partial charge in [0.25, 0.3) is 6.02 Å². The van der Waals surface area contributed by atoms with Gasteiger partial charge in [0.15, 0.2) is 5.54 Å². The third-order valence-corrected chi connectivity index (χ3v) is 5.07. The first-order chi connectivity index (χ1) is 12.3. The van der Waals surface area contributed by atoms with E-state index in [0.29, 0.717) is 6.61 Å². The number of nitrogens with two attached hydrogens (primary N) is 1. The molecule has 0 unspecified atom stereocenters. The second kappa shape index (κ2) is 5.39. The van der Waals surface area contributed by atoms with Crippen molar-refractivity contribution >= 4 is 11.7 Å². The minimum atomic E-state index is -0.642. The lowest BCUT2D eigenvalue weighted by atomic mass is 9.81. The molecule has 25 heavy (non-hydrogen) atoms. The predicted octanol–water partition coefficient (Wildman–Crippen LogP) is 2.22. The maximum atomic E-state index is 6.13. The third-order valence-electron chi connectivity index (χ3n) is 5.07. The molecule has 1 spiro atoms. The van der Waals surface area contributed by atoms with Crippen molar-refractivity contribution in [2.45, 2.75) is 5.54 Å². The molecule has 2 N–H and O–H groups in total. The number of rotatable bonds is 1. The minimum absolute atomic E-state index is 0.222. The van der Waals surface area contributed by atoms with E-state index in [1.165, 1.54) is 0 Å². The molecule has 128 valence electrons. The Morgan fingerprint density at radius 2 is 1.80 bits per heavy atom. The van der Waals surface area contributed by atoms with E-state index in [1.54, 1.807) is 0 Å². The minimum Gasteiger partial charge on any atom is -0.462 e. The predicted molar refractivity (Wildman–Crippen MR) is 94.3 cm³/mol. The molecule has 1 atom stereocenters. The van der Waals surface area contributed by atoms with Gasteiger partial charge in [0, 0.05) is 29.9 Å². The maximum Gasteiger partial charge on any atom is 0.283 e. The largest absolute Gasteiger partial charge is 0.462 e. The molecular formula is C19H19N3O3. The van der Waals surface area contributed by atoms with Crippen LogP contribution in [0.5, 0.6) is 11.5 Å². The first kappa shape index (κ1) is 14.6. The summed E-state index contributed by atoms with van der Waals surface area (Å²) in [5, 5.41) is 0. The SMILES string of the molecule is NC1=N[C@]2(CO1)c1ccccc1Oc1ccc(N3CCOCC3)cc12. The lowest BCUT2D eigenvalue weighted by molar-refractivity contribution is 0.122. The van der Waals surface area contributed by atoms with E-state index >= 15 is 0 Å². The fraction of sp³-hybridized carbons (Fsp3) is 0.316. The third kappa shape index (κ3) is 2.17. The molecule has 6 nitrogen and oxygen atoms in total. The number of morpholine rings is 1. The zero-order chi connectivity index (χ0) is 16.9. The summed E-state index contributed by atoms with van der Waals surface area (Å²) in [4.78, 5) is 7.02. The number of hydrogen-bond donors (Lipinski definition) is 1. The van der Waals surface area contributed by atoms with Crippen LogP contribution in [-0.4, -0.2) is 38.9 Å². The van der Waals surface area contributed by atoms with Gasteiger partial charge in [-0.15, -0.1) is 0 Å². The standard InChI is InChI=1S/C19H19N3O3/c20-18-21-19(12-24-18)14-3-1-2-4-16(14)25-17-6-5-13(11-15(17)19)22-7-9-23-10-8-22/h1-6,11H,7-10,12H2,(H2,20,21)/t19-/m1/s1. The Hall–Kier alpha value is -2.73. The zero-order valence-corrected chi connectivity index (χ0v) is 13.8. The van der Waals surface area contributed by atoms with Crippen molar-refractivity contribution in [3.05, 3.63) is 53.6 Å². The molecule has 0 amide bonds. The molecule has 3 aliphatic heterocycles. The second-order valence-electron chi connectivity index (χ2n) is 6.48. The van der Waals surface area contributed by atoms with Gasteiger partial charge in [-0.25, -0.2) is 4.99 Å². The van der Waals surface area contributed by atoms with E-state index in [0.717, 1.165) is 54.6 Å². The highest BCUT2D eigenvalue weighted by molar-refractivity contribution is 5.77. The van der Waals surface area contributed by atoms with Crippen LogP contribution < -0.4 is 15.4 Å². The molecule has 2 aromatic rings. The second-order valence-corrected chi connectivity index (χ2v) is 6.48.